The van der Waals surface area contributed by atoms with Crippen molar-refractivity contribution in [2.45, 2.75) is 0 Å². The van der Waals surface area contributed by atoms with Crippen LogP contribution in [0.15, 0.2) is 63.9 Å². The van der Waals surface area contributed by atoms with Crippen molar-refractivity contribution in [3.63, 3.8) is 0 Å². The number of hydrogen-bond donors (Lipinski definition) is 1. The van der Waals surface area contributed by atoms with Crippen molar-refractivity contribution in [2.24, 2.45) is 0 Å². The number of carbonyl (C=O) groups is 2. The molecule has 1 amide bonds. The molecule has 0 radical (unpaired) electrons. The van der Waals surface area contributed by atoms with Crippen LogP contribution in [0.25, 0.3) is 17.4 Å². The summed E-state index contributed by atoms with van der Waals surface area (Å²) in [5, 5.41) is 8.99. The standard InChI is InChI=1S/C21H11F2NO4S2/c22-15-7-3-12(9-16(15)23)17-8-6-14(28-17)10-18-19(25)24(21(29)30-18)13-4-1-11(2-5-13)20(26)27/h1-10H,(H,26,27)/b18-10+. The average molecular weight is 443 g/mol. The molecule has 3 aromatic rings. The highest BCUT2D eigenvalue weighted by molar-refractivity contribution is 8.27. The molecule has 1 N–H and O–H groups in total. The fraction of sp³-hybridized carbons (Fsp3) is 0. The van der Waals surface area contributed by atoms with Crippen molar-refractivity contribution in [3.05, 3.63) is 82.5 Å². The Balaban J connectivity index is 1.58. The number of hydrogen-bond acceptors (Lipinski definition) is 5. The third kappa shape index (κ3) is 3.77. The summed E-state index contributed by atoms with van der Waals surface area (Å²) in [6, 6.07) is 12.4. The Kier molecular flexibility index (Phi) is 5.23. The summed E-state index contributed by atoms with van der Waals surface area (Å²) in [7, 11) is 0. The molecule has 0 bridgehead atoms. The van der Waals surface area contributed by atoms with Crippen molar-refractivity contribution in [3.8, 4) is 11.3 Å². The van der Waals surface area contributed by atoms with E-state index in [2.05, 4.69) is 0 Å². The second kappa shape index (κ2) is 7.85. The van der Waals surface area contributed by atoms with E-state index in [1.54, 1.807) is 12.1 Å². The van der Waals surface area contributed by atoms with E-state index in [0.29, 0.717) is 32.0 Å². The number of amides is 1. The lowest BCUT2D eigenvalue weighted by molar-refractivity contribution is -0.113. The molecule has 1 aliphatic heterocycles. The van der Waals surface area contributed by atoms with Gasteiger partial charge in [0.05, 0.1) is 16.2 Å². The van der Waals surface area contributed by atoms with Crippen LogP contribution in [-0.4, -0.2) is 21.3 Å². The molecule has 30 heavy (non-hydrogen) atoms. The number of thioether (sulfide) groups is 1. The van der Waals surface area contributed by atoms with Crippen LogP contribution in [-0.2, 0) is 4.79 Å². The highest BCUT2D eigenvalue weighted by Crippen LogP contribution is 2.36. The molecule has 1 saturated heterocycles. The number of halogens is 2. The van der Waals surface area contributed by atoms with Crippen molar-refractivity contribution in [1.29, 1.82) is 0 Å². The summed E-state index contributed by atoms with van der Waals surface area (Å²) in [5.41, 5.74) is 0.910. The first-order valence-corrected chi connectivity index (χ1v) is 9.72. The van der Waals surface area contributed by atoms with E-state index in [-0.39, 0.29) is 11.5 Å². The van der Waals surface area contributed by atoms with E-state index in [4.69, 9.17) is 21.7 Å². The van der Waals surface area contributed by atoms with Gasteiger partial charge in [-0.05, 0) is 54.6 Å². The molecule has 0 atom stereocenters. The zero-order valence-electron chi connectivity index (χ0n) is 15.0. The number of thiocarbonyl (C=S) groups is 1. The molecule has 4 rings (SSSR count). The average Bonchev–Trinajstić information content (AvgIpc) is 3.29. The van der Waals surface area contributed by atoms with Gasteiger partial charge in [-0.15, -0.1) is 0 Å². The van der Waals surface area contributed by atoms with Gasteiger partial charge < -0.3 is 9.52 Å². The van der Waals surface area contributed by atoms with Gasteiger partial charge in [-0.25, -0.2) is 13.6 Å². The molecular formula is C21H11F2NO4S2. The Labute approximate surface area is 178 Å². The lowest BCUT2D eigenvalue weighted by Crippen LogP contribution is -2.27. The molecule has 0 aliphatic carbocycles. The monoisotopic (exact) mass is 443 g/mol. The number of furan rings is 1. The number of carbonyl (C=O) groups excluding carboxylic acids is 1. The number of carboxylic acids is 1. The molecule has 1 aliphatic rings. The Morgan fingerprint density at radius 1 is 1.07 bits per heavy atom. The number of carboxylic acid groups (broad SMARTS) is 1. The van der Waals surface area contributed by atoms with Gasteiger partial charge in [-0.3, -0.25) is 9.69 Å². The molecule has 2 aromatic carbocycles. The zero-order valence-corrected chi connectivity index (χ0v) is 16.6. The third-order valence-electron chi connectivity index (χ3n) is 4.27. The van der Waals surface area contributed by atoms with Crippen molar-refractivity contribution < 1.29 is 27.9 Å². The molecule has 5 nitrogen and oxygen atoms in total. The maximum Gasteiger partial charge on any atom is 0.335 e. The van der Waals surface area contributed by atoms with Gasteiger partial charge in [0.25, 0.3) is 5.91 Å². The first-order chi connectivity index (χ1) is 14.3. The lowest BCUT2D eigenvalue weighted by atomic mass is 10.1. The minimum Gasteiger partial charge on any atom is -0.478 e. The summed E-state index contributed by atoms with van der Waals surface area (Å²) < 4.78 is 32.5. The molecule has 9 heteroatoms. The number of nitrogens with zero attached hydrogens (tertiary/aromatic N) is 1. The lowest BCUT2D eigenvalue weighted by Gasteiger charge is -2.14. The van der Waals surface area contributed by atoms with Crippen LogP contribution in [0.1, 0.15) is 16.1 Å². The molecule has 150 valence electrons. The first-order valence-electron chi connectivity index (χ1n) is 8.50. The fourth-order valence-corrected chi connectivity index (χ4v) is 4.09. The van der Waals surface area contributed by atoms with Gasteiger partial charge in [0.15, 0.2) is 16.0 Å². The smallest absolute Gasteiger partial charge is 0.335 e. The van der Waals surface area contributed by atoms with E-state index in [1.807, 2.05) is 0 Å². The third-order valence-corrected chi connectivity index (χ3v) is 5.57. The van der Waals surface area contributed by atoms with E-state index in [9.17, 15) is 18.4 Å². The second-order valence-electron chi connectivity index (χ2n) is 6.20. The van der Waals surface area contributed by atoms with Crippen LogP contribution < -0.4 is 4.90 Å². The fourth-order valence-electron chi connectivity index (χ4n) is 2.81. The first kappa shape index (κ1) is 20.0. The summed E-state index contributed by atoms with van der Waals surface area (Å²) in [6.07, 6.45) is 1.51. The van der Waals surface area contributed by atoms with Gasteiger partial charge in [0.1, 0.15) is 11.5 Å². The van der Waals surface area contributed by atoms with Crippen molar-refractivity contribution >= 4 is 51.9 Å². The number of benzene rings is 2. The van der Waals surface area contributed by atoms with Crippen LogP contribution in [0, 0.1) is 11.6 Å². The van der Waals surface area contributed by atoms with Gasteiger partial charge in [-0.2, -0.15) is 0 Å². The Morgan fingerprint density at radius 3 is 2.47 bits per heavy atom. The van der Waals surface area contributed by atoms with E-state index in [0.717, 1.165) is 23.9 Å². The van der Waals surface area contributed by atoms with E-state index < -0.39 is 17.6 Å². The Hall–Kier alpha value is -3.30. The minimum atomic E-state index is -1.07. The SMILES string of the molecule is O=C(O)c1ccc(N2C(=O)/C(=C\c3ccc(-c4ccc(F)c(F)c4)o3)SC2=S)cc1. The largest absolute Gasteiger partial charge is 0.478 e. The molecule has 1 aromatic heterocycles. The topological polar surface area (TPSA) is 70.8 Å². The number of rotatable bonds is 4. The maximum absolute atomic E-state index is 13.4. The van der Waals surface area contributed by atoms with Gasteiger partial charge in [-0.1, -0.05) is 24.0 Å². The summed E-state index contributed by atoms with van der Waals surface area (Å²) in [6.45, 7) is 0. The molecule has 1 fully saturated rings. The molecule has 2 heterocycles. The number of aromatic carboxylic acids is 1. The highest BCUT2D eigenvalue weighted by Gasteiger charge is 2.33. The quantitative estimate of drug-likeness (QED) is 0.434. The maximum atomic E-state index is 13.4. The number of anilines is 1. The predicted octanol–water partition coefficient (Wildman–Crippen LogP) is 5.33. The second-order valence-corrected chi connectivity index (χ2v) is 7.88. The van der Waals surface area contributed by atoms with Gasteiger partial charge >= 0.3 is 5.97 Å². The van der Waals surface area contributed by atoms with Gasteiger partial charge in [0.2, 0.25) is 0 Å². The predicted molar refractivity (Wildman–Crippen MR) is 113 cm³/mol. The molecule has 0 spiro atoms. The molecule has 0 saturated carbocycles. The zero-order chi connectivity index (χ0) is 21.4. The normalized spacial score (nSPS) is 15.3. The van der Waals surface area contributed by atoms with Crippen molar-refractivity contribution in [2.75, 3.05) is 4.90 Å². The minimum absolute atomic E-state index is 0.0973. The molecule has 0 unspecified atom stereocenters. The summed E-state index contributed by atoms with van der Waals surface area (Å²) in [4.78, 5) is 25.4. The van der Waals surface area contributed by atoms with Crippen LogP contribution >= 0.6 is 24.0 Å². The Morgan fingerprint density at radius 2 is 1.80 bits per heavy atom. The molecular weight excluding hydrogens is 432 g/mol. The Bertz CT molecular complexity index is 1220. The van der Waals surface area contributed by atoms with E-state index >= 15 is 0 Å². The van der Waals surface area contributed by atoms with Crippen LogP contribution in [0.5, 0.6) is 0 Å². The van der Waals surface area contributed by atoms with Crippen LogP contribution in [0.4, 0.5) is 14.5 Å². The highest BCUT2D eigenvalue weighted by atomic mass is 32.2. The van der Waals surface area contributed by atoms with Crippen LogP contribution in [0.2, 0.25) is 0 Å². The summed E-state index contributed by atoms with van der Waals surface area (Å²) >= 11 is 6.36. The van der Waals surface area contributed by atoms with E-state index in [1.165, 1.54) is 41.3 Å². The van der Waals surface area contributed by atoms with Crippen LogP contribution in [0.3, 0.4) is 0 Å². The van der Waals surface area contributed by atoms with Crippen molar-refractivity contribution in [1.82, 2.24) is 0 Å². The summed E-state index contributed by atoms with van der Waals surface area (Å²) in [5.74, 6) is -2.72. The van der Waals surface area contributed by atoms with Gasteiger partial charge in [0, 0.05) is 11.6 Å².